The first-order chi connectivity index (χ1) is 6.79. The van der Waals surface area contributed by atoms with Crippen LogP contribution in [0.1, 0.15) is 39.5 Å². The molecular formula is C10H18O4S. The molecule has 0 bridgehead atoms. The van der Waals surface area contributed by atoms with Gasteiger partial charge in [0.05, 0.1) is 0 Å². The monoisotopic (exact) mass is 234 g/mol. The van der Waals surface area contributed by atoms with E-state index in [1.54, 1.807) is 0 Å². The van der Waals surface area contributed by atoms with Crippen molar-refractivity contribution in [3.05, 3.63) is 12.7 Å². The molecule has 4 nitrogen and oxygen atoms in total. The van der Waals surface area contributed by atoms with Crippen molar-refractivity contribution in [2.45, 2.75) is 44.3 Å². The molecule has 5 heteroatoms. The molecule has 0 aromatic rings. The summed E-state index contributed by atoms with van der Waals surface area (Å²) in [4.78, 5) is 11.4. The molecule has 88 valence electrons. The zero-order valence-electron chi connectivity index (χ0n) is 9.19. The van der Waals surface area contributed by atoms with Gasteiger partial charge < -0.3 is 0 Å². The van der Waals surface area contributed by atoms with E-state index in [9.17, 15) is 13.2 Å². The molecule has 0 aliphatic carbocycles. The van der Waals surface area contributed by atoms with Gasteiger partial charge in [0.1, 0.15) is 0 Å². The highest BCUT2D eigenvalue weighted by molar-refractivity contribution is 7.88. The van der Waals surface area contributed by atoms with Crippen LogP contribution in [0.2, 0.25) is 0 Å². The normalized spacial score (nSPS) is 15.7. The second-order valence-corrected chi connectivity index (χ2v) is 5.58. The Balaban J connectivity index is 4.89. The van der Waals surface area contributed by atoms with Crippen molar-refractivity contribution in [3.63, 3.8) is 0 Å². The molecule has 1 atom stereocenters. The molecule has 0 aliphatic rings. The number of rotatable bonds is 7. The van der Waals surface area contributed by atoms with Gasteiger partial charge in [0.2, 0.25) is 0 Å². The van der Waals surface area contributed by atoms with Crippen LogP contribution in [0, 0.1) is 0 Å². The van der Waals surface area contributed by atoms with Crippen LogP contribution in [0.25, 0.3) is 0 Å². The van der Waals surface area contributed by atoms with E-state index in [2.05, 4.69) is 6.58 Å². The Kier molecular flexibility index (Phi) is 5.17. The predicted molar refractivity (Wildman–Crippen MR) is 59.3 cm³/mol. The first kappa shape index (κ1) is 14.3. The standard InChI is InChI=1S/C10H18O4S/c1-4-6-7-8-10(3,9(11)5-2)15(12,13)14/h5H,2,4,6-8H2,1,3H3,(H,12,13,14). The minimum atomic E-state index is -4.38. The molecule has 0 aromatic carbocycles. The van der Waals surface area contributed by atoms with Crippen molar-refractivity contribution >= 4 is 15.9 Å². The lowest BCUT2D eigenvalue weighted by Gasteiger charge is -2.22. The van der Waals surface area contributed by atoms with Crippen LogP contribution in [0.15, 0.2) is 12.7 Å². The Bertz CT molecular complexity index is 331. The highest BCUT2D eigenvalue weighted by atomic mass is 32.2. The Morgan fingerprint density at radius 3 is 2.33 bits per heavy atom. The quantitative estimate of drug-likeness (QED) is 0.415. The minimum absolute atomic E-state index is 0.129. The molecule has 1 unspecified atom stereocenters. The first-order valence-electron chi connectivity index (χ1n) is 4.93. The van der Waals surface area contributed by atoms with E-state index >= 15 is 0 Å². The number of unbranched alkanes of at least 4 members (excludes halogenated alkanes) is 2. The fourth-order valence-electron chi connectivity index (χ4n) is 1.31. The molecule has 0 rings (SSSR count). The highest BCUT2D eigenvalue weighted by Gasteiger charge is 2.43. The smallest absolute Gasteiger partial charge is 0.277 e. The summed E-state index contributed by atoms with van der Waals surface area (Å²) in [6, 6.07) is 0. The van der Waals surface area contributed by atoms with E-state index in [-0.39, 0.29) is 6.42 Å². The fourth-order valence-corrected chi connectivity index (χ4v) is 2.05. The van der Waals surface area contributed by atoms with Gasteiger partial charge in [0, 0.05) is 0 Å². The van der Waals surface area contributed by atoms with E-state index in [1.807, 2.05) is 6.92 Å². The second kappa shape index (κ2) is 5.42. The Hall–Kier alpha value is -0.680. The average Bonchev–Trinajstić information content (AvgIpc) is 2.15. The summed E-state index contributed by atoms with van der Waals surface area (Å²) in [6.07, 6.45) is 3.41. The Morgan fingerprint density at radius 2 is 2.00 bits per heavy atom. The average molecular weight is 234 g/mol. The maximum atomic E-state index is 11.4. The summed E-state index contributed by atoms with van der Waals surface area (Å²) in [6.45, 7) is 6.45. The van der Waals surface area contributed by atoms with E-state index in [0.29, 0.717) is 6.42 Å². The molecule has 0 amide bonds. The summed E-state index contributed by atoms with van der Waals surface area (Å²) in [5, 5.41) is 0. The third-order valence-electron chi connectivity index (χ3n) is 2.53. The first-order valence-corrected chi connectivity index (χ1v) is 6.37. The Labute approximate surface area is 91.1 Å². The third kappa shape index (κ3) is 3.43. The molecule has 1 N–H and O–H groups in total. The summed E-state index contributed by atoms with van der Waals surface area (Å²) in [5.41, 5.74) is 0. The van der Waals surface area contributed by atoms with Gasteiger partial charge in [-0.05, 0) is 19.4 Å². The van der Waals surface area contributed by atoms with Crippen molar-refractivity contribution in [1.29, 1.82) is 0 Å². The van der Waals surface area contributed by atoms with Crippen LogP contribution in [0.4, 0.5) is 0 Å². The molecule has 0 aliphatic heterocycles. The van der Waals surface area contributed by atoms with Crippen molar-refractivity contribution < 1.29 is 17.8 Å². The molecule has 0 radical (unpaired) electrons. The van der Waals surface area contributed by atoms with Gasteiger partial charge in [-0.3, -0.25) is 9.35 Å². The molecule has 0 heterocycles. The van der Waals surface area contributed by atoms with Gasteiger partial charge >= 0.3 is 0 Å². The highest BCUT2D eigenvalue weighted by Crippen LogP contribution is 2.25. The van der Waals surface area contributed by atoms with Crippen LogP contribution >= 0.6 is 0 Å². The van der Waals surface area contributed by atoms with Gasteiger partial charge in [-0.15, -0.1) is 0 Å². The number of hydrogen-bond acceptors (Lipinski definition) is 3. The summed E-state index contributed by atoms with van der Waals surface area (Å²) >= 11 is 0. The molecule has 0 saturated heterocycles. The van der Waals surface area contributed by atoms with Gasteiger partial charge in [-0.1, -0.05) is 32.8 Å². The van der Waals surface area contributed by atoms with Crippen LogP contribution in [-0.2, 0) is 14.9 Å². The number of allylic oxidation sites excluding steroid dienone is 1. The molecule has 15 heavy (non-hydrogen) atoms. The molecule has 0 saturated carbocycles. The van der Waals surface area contributed by atoms with Gasteiger partial charge in [0.15, 0.2) is 10.5 Å². The molecule has 0 spiro atoms. The largest absolute Gasteiger partial charge is 0.293 e. The lowest BCUT2D eigenvalue weighted by atomic mass is 9.98. The molecule has 0 fully saturated rings. The SMILES string of the molecule is C=CC(=O)C(C)(CCCCC)S(=O)(=O)O. The maximum absolute atomic E-state index is 11.4. The van der Waals surface area contributed by atoms with Crippen molar-refractivity contribution in [3.8, 4) is 0 Å². The third-order valence-corrected chi connectivity index (χ3v) is 4.08. The second-order valence-electron chi connectivity index (χ2n) is 3.73. The van der Waals surface area contributed by atoms with Crippen LogP contribution in [0.3, 0.4) is 0 Å². The number of carbonyl (C=O) groups is 1. The van der Waals surface area contributed by atoms with E-state index in [4.69, 9.17) is 4.55 Å². The van der Waals surface area contributed by atoms with Crippen LogP contribution in [-0.4, -0.2) is 23.5 Å². The van der Waals surface area contributed by atoms with E-state index in [1.165, 1.54) is 6.92 Å². The summed E-state index contributed by atoms with van der Waals surface area (Å²) in [5.74, 6) is -0.652. The van der Waals surface area contributed by atoms with Crippen LogP contribution in [0.5, 0.6) is 0 Å². The minimum Gasteiger partial charge on any atom is -0.293 e. The fraction of sp³-hybridized carbons (Fsp3) is 0.700. The lowest BCUT2D eigenvalue weighted by molar-refractivity contribution is -0.116. The van der Waals surface area contributed by atoms with Crippen molar-refractivity contribution in [2.75, 3.05) is 0 Å². The van der Waals surface area contributed by atoms with Gasteiger partial charge in [-0.2, -0.15) is 8.42 Å². The number of carbonyl (C=O) groups excluding carboxylic acids is 1. The lowest BCUT2D eigenvalue weighted by Crippen LogP contribution is -2.42. The number of ketones is 1. The number of hydrogen-bond donors (Lipinski definition) is 1. The summed E-state index contributed by atoms with van der Waals surface area (Å²) < 4.78 is 29.6. The van der Waals surface area contributed by atoms with Crippen molar-refractivity contribution in [1.82, 2.24) is 0 Å². The maximum Gasteiger partial charge on any atom is 0.277 e. The predicted octanol–water partition coefficient (Wildman–Crippen LogP) is 1.97. The topological polar surface area (TPSA) is 71.4 Å². The zero-order chi connectivity index (χ0) is 12.1. The van der Waals surface area contributed by atoms with E-state index < -0.39 is 20.6 Å². The van der Waals surface area contributed by atoms with Gasteiger partial charge in [-0.25, -0.2) is 0 Å². The van der Waals surface area contributed by atoms with Crippen molar-refractivity contribution in [2.24, 2.45) is 0 Å². The van der Waals surface area contributed by atoms with E-state index in [0.717, 1.165) is 18.9 Å². The molecule has 0 aromatic heterocycles. The molecular weight excluding hydrogens is 216 g/mol. The Morgan fingerprint density at radius 1 is 1.47 bits per heavy atom. The zero-order valence-corrected chi connectivity index (χ0v) is 10.0. The summed E-state index contributed by atoms with van der Waals surface area (Å²) in [7, 11) is -4.38. The van der Waals surface area contributed by atoms with Crippen LogP contribution < -0.4 is 0 Å². The van der Waals surface area contributed by atoms with Gasteiger partial charge in [0.25, 0.3) is 10.1 Å².